The van der Waals surface area contributed by atoms with E-state index >= 15 is 0 Å². The number of sulfonamides is 1. The van der Waals surface area contributed by atoms with Gasteiger partial charge in [-0.25, -0.2) is 8.42 Å². The lowest BCUT2D eigenvalue weighted by molar-refractivity contribution is -0.123. The molecule has 2 N–H and O–H groups in total. The second-order valence-corrected chi connectivity index (χ2v) is 8.76. The van der Waals surface area contributed by atoms with Crippen LogP contribution in [0, 0.1) is 5.92 Å². The highest BCUT2D eigenvalue weighted by atomic mass is 32.2. The van der Waals surface area contributed by atoms with Gasteiger partial charge < -0.3 is 14.8 Å². The molecule has 2 aromatic carbocycles. The zero-order chi connectivity index (χ0) is 21.4. The van der Waals surface area contributed by atoms with Crippen molar-refractivity contribution in [3.05, 3.63) is 54.1 Å². The molecule has 29 heavy (non-hydrogen) atoms. The number of amides is 1. The van der Waals surface area contributed by atoms with Crippen molar-refractivity contribution in [1.82, 2.24) is 10.0 Å². The van der Waals surface area contributed by atoms with Crippen molar-refractivity contribution in [2.24, 2.45) is 5.92 Å². The summed E-state index contributed by atoms with van der Waals surface area (Å²) >= 11 is 0. The summed E-state index contributed by atoms with van der Waals surface area (Å²) in [7, 11) is -0.757. The zero-order valence-corrected chi connectivity index (χ0v) is 18.0. The maximum atomic E-state index is 12.7. The number of carbonyl (C=O) groups is 1. The molecule has 2 aromatic rings. The molecule has 158 valence electrons. The highest BCUT2D eigenvalue weighted by Gasteiger charge is 2.26. The molecule has 7 nitrogen and oxygen atoms in total. The van der Waals surface area contributed by atoms with Crippen LogP contribution < -0.4 is 19.5 Å². The molecule has 0 aliphatic rings. The summed E-state index contributed by atoms with van der Waals surface area (Å²) < 4.78 is 38.2. The van der Waals surface area contributed by atoms with Crippen LogP contribution in [0.15, 0.2) is 53.4 Å². The second kappa shape index (κ2) is 10.3. The molecule has 0 saturated carbocycles. The Morgan fingerprint density at radius 2 is 1.45 bits per heavy atom. The summed E-state index contributed by atoms with van der Waals surface area (Å²) in [6.45, 7) is 4.17. The Kier molecular flexibility index (Phi) is 8.04. The molecule has 0 heterocycles. The maximum absolute atomic E-state index is 12.7. The highest BCUT2D eigenvalue weighted by Crippen LogP contribution is 2.17. The minimum absolute atomic E-state index is 0.0787. The number of ether oxygens (including phenoxy) is 2. The smallest absolute Gasteiger partial charge is 0.241 e. The van der Waals surface area contributed by atoms with Crippen LogP contribution in [0.5, 0.6) is 11.5 Å². The van der Waals surface area contributed by atoms with Gasteiger partial charge in [-0.3, -0.25) is 4.79 Å². The maximum Gasteiger partial charge on any atom is 0.241 e. The van der Waals surface area contributed by atoms with Crippen LogP contribution in [-0.2, 0) is 21.4 Å². The summed E-state index contributed by atoms with van der Waals surface area (Å²) in [4.78, 5) is 12.8. The number of benzene rings is 2. The van der Waals surface area contributed by atoms with E-state index in [0.29, 0.717) is 18.7 Å². The number of hydrogen-bond donors (Lipinski definition) is 2. The molecule has 8 heteroatoms. The van der Waals surface area contributed by atoms with Crippen LogP contribution in [0.2, 0.25) is 0 Å². The van der Waals surface area contributed by atoms with Crippen molar-refractivity contribution in [1.29, 1.82) is 0 Å². The lowest BCUT2D eigenvalue weighted by atomic mass is 10.0. The predicted octanol–water partition coefficient (Wildman–Crippen LogP) is 2.71. The Hall–Kier alpha value is -2.58. The van der Waals surface area contributed by atoms with Crippen molar-refractivity contribution < 1.29 is 22.7 Å². The highest BCUT2D eigenvalue weighted by molar-refractivity contribution is 7.89. The monoisotopic (exact) mass is 420 g/mol. The first-order chi connectivity index (χ1) is 13.7. The predicted molar refractivity (Wildman–Crippen MR) is 111 cm³/mol. The van der Waals surface area contributed by atoms with E-state index in [-0.39, 0.29) is 16.7 Å². The second-order valence-electron chi connectivity index (χ2n) is 7.04. The van der Waals surface area contributed by atoms with E-state index in [1.807, 2.05) is 26.0 Å². The minimum Gasteiger partial charge on any atom is -0.497 e. The van der Waals surface area contributed by atoms with Gasteiger partial charge in [-0.2, -0.15) is 4.72 Å². The van der Waals surface area contributed by atoms with Crippen molar-refractivity contribution in [3.8, 4) is 11.5 Å². The summed E-state index contributed by atoms with van der Waals surface area (Å²) in [5.41, 5.74) is 0.889. The van der Waals surface area contributed by atoms with E-state index < -0.39 is 16.1 Å². The third-order valence-corrected chi connectivity index (χ3v) is 5.80. The Bertz CT molecular complexity index is 894. The summed E-state index contributed by atoms with van der Waals surface area (Å²) in [6.07, 6.45) is 0.379. The quantitative estimate of drug-likeness (QED) is 0.616. The van der Waals surface area contributed by atoms with Crippen molar-refractivity contribution in [2.75, 3.05) is 14.2 Å². The van der Waals surface area contributed by atoms with Crippen LogP contribution in [0.25, 0.3) is 0 Å². The molecule has 0 aliphatic carbocycles. The van der Waals surface area contributed by atoms with Gasteiger partial charge in [-0.05, 0) is 54.3 Å². The summed E-state index contributed by atoms with van der Waals surface area (Å²) in [5.74, 6) is 1.04. The van der Waals surface area contributed by atoms with Gasteiger partial charge in [0.2, 0.25) is 15.9 Å². The van der Waals surface area contributed by atoms with E-state index in [1.54, 1.807) is 31.4 Å². The SMILES string of the molecule is COc1ccc(CNC(=O)[C@H](CC(C)C)NS(=O)(=O)c2ccc(OC)cc2)cc1. The van der Waals surface area contributed by atoms with Gasteiger partial charge >= 0.3 is 0 Å². The fourth-order valence-corrected chi connectivity index (χ4v) is 3.95. The summed E-state index contributed by atoms with van der Waals surface area (Å²) in [6, 6.07) is 12.5. The molecule has 0 aromatic heterocycles. The van der Waals surface area contributed by atoms with Crippen LogP contribution in [0.1, 0.15) is 25.8 Å². The molecule has 0 radical (unpaired) electrons. The molecule has 0 aliphatic heterocycles. The van der Waals surface area contributed by atoms with Crippen LogP contribution >= 0.6 is 0 Å². The zero-order valence-electron chi connectivity index (χ0n) is 17.1. The third kappa shape index (κ3) is 6.76. The number of hydrogen-bond acceptors (Lipinski definition) is 5. The third-order valence-electron chi connectivity index (χ3n) is 4.32. The van der Waals surface area contributed by atoms with Crippen LogP contribution in [0.4, 0.5) is 0 Å². The Morgan fingerprint density at radius 3 is 1.93 bits per heavy atom. The molecule has 2 rings (SSSR count). The van der Waals surface area contributed by atoms with Gasteiger partial charge in [0.15, 0.2) is 0 Å². The normalized spacial score (nSPS) is 12.4. The molecule has 0 saturated heterocycles. The van der Waals surface area contributed by atoms with Crippen LogP contribution in [-0.4, -0.2) is 34.6 Å². The lowest BCUT2D eigenvalue weighted by Crippen LogP contribution is -2.47. The topological polar surface area (TPSA) is 93.7 Å². The molecule has 0 bridgehead atoms. The Morgan fingerprint density at radius 1 is 0.931 bits per heavy atom. The standard InChI is InChI=1S/C21H28N2O5S/c1-15(2)13-20(21(24)22-14-16-5-7-17(27-3)8-6-16)23-29(25,26)19-11-9-18(28-4)10-12-19/h5-12,15,20,23H,13-14H2,1-4H3,(H,22,24)/t20-/m0/s1. The number of methoxy groups -OCH3 is 2. The lowest BCUT2D eigenvalue weighted by Gasteiger charge is -2.20. The fourth-order valence-electron chi connectivity index (χ4n) is 2.75. The molecular weight excluding hydrogens is 392 g/mol. The van der Waals surface area contributed by atoms with Crippen molar-refractivity contribution in [3.63, 3.8) is 0 Å². The first-order valence-electron chi connectivity index (χ1n) is 9.32. The van der Waals surface area contributed by atoms with Crippen molar-refractivity contribution >= 4 is 15.9 Å². The van der Waals surface area contributed by atoms with Gasteiger partial charge in [0.25, 0.3) is 0 Å². The average Bonchev–Trinajstić information content (AvgIpc) is 2.71. The fraction of sp³-hybridized carbons (Fsp3) is 0.381. The largest absolute Gasteiger partial charge is 0.497 e. The average molecular weight is 421 g/mol. The van der Waals surface area contributed by atoms with Gasteiger partial charge in [0.1, 0.15) is 17.5 Å². The molecule has 1 atom stereocenters. The molecule has 0 spiro atoms. The molecule has 0 unspecified atom stereocenters. The first kappa shape index (κ1) is 22.7. The van der Waals surface area contributed by atoms with Gasteiger partial charge in [0, 0.05) is 6.54 Å². The number of nitrogens with one attached hydrogen (secondary N) is 2. The van der Waals surface area contributed by atoms with E-state index in [1.165, 1.54) is 19.2 Å². The molecule has 0 fully saturated rings. The van der Waals surface area contributed by atoms with E-state index in [9.17, 15) is 13.2 Å². The van der Waals surface area contributed by atoms with Gasteiger partial charge in [0.05, 0.1) is 19.1 Å². The summed E-state index contributed by atoms with van der Waals surface area (Å²) in [5, 5.41) is 2.81. The van der Waals surface area contributed by atoms with Gasteiger partial charge in [-0.15, -0.1) is 0 Å². The minimum atomic E-state index is -3.85. The number of rotatable bonds is 10. The van der Waals surface area contributed by atoms with E-state index in [2.05, 4.69) is 10.0 Å². The van der Waals surface area contributed by atoms with E-state index in [0.717, 1.165) is 11.3 Å². The van der Waals surface area contributed by atoms with Gasteiger partial charge in [-0.1, -0.05) is 26.0 Å². The van der Waals surface area contributed by atoms with E-state index in [4.69, 9.17) is 9.47 Å². The van der Waals surface area contributed by atoms with Crippen molar-refractivity contribution in [2.45, 2.75) is 37.8 Å². The Balaban J connectivity index is 2.08. The number of carbonyl (C=O) groups excluding carboxylic acids is 1. The first-order valence-corrected chi connectivity index (χ1v) is 10.8. The Labute approximate surface area is 172 Å². The molecular formula is C21H28N2O5S. The molecule has 1 amide bonds. The van der Waals surface area contributed by atoms with Crippen LogP contribution in [0.3, 0.4) is 0 Å².